The molecule has 0 bridgehead atoms. The van der Waals surface area contributed by atoms with E-state index < -0.39 is 12.1 Å². The lowest BCUT2D eigenvalue weighted by atomic mass is 10.0. The number of Topliss-reactive ketones (excluding diaryl/α,β-unsaturated/α-hetero) is 1. The number of carbonyl (C=O) groups is 1. The van der Waals surface area contributed by atoms with Crippen molar-refractivity contribution in [2.24, 2.45) is 4.99 Å². The van der Waals surface area contributed by atoms with Gasteiger partial charge in [0.15, 0.2) is 12.1 Å². The number of halogens is 2. The largest absolute Gasteiger partial charge is 0.463 e. The Morgan fingerprint density at radius 2 is 1.83 bits per heavy atom. The van der Waals surface area contributed by atoms with Crippen LogP contribution in [-0.2, 0) is 9.53 Å². The average molecular weight is 361 g/mol. The summed E-state index contributed by atoms with van der Waals surface area (Å²) in [6, 6.07) is 8.49. The molecule has 1 saturated heterocycles. The van der Waals surface area contributed by atoms with Crippen LogP contribution in [0.4, 0.5) is 11.4 Å². The van der Waals surface area contributed by atoms with Crippen LogP contribution in [0.5, 0.6) is 0 Å². The molecule has 24 heavy (non-hydrogen) atoms. The minimum Gasteiger partial charge on any atom is -0.463 e. The number of nitrogens with one attached hydrogen (secondary N) is 1. The summed E-state index contributed by atoms with van der Waals surface area (Å²) >= 11 is 12.0. The van der Waals surface area contributed by atoms with Crippen molar-refractivity contribution < 1.29 is 9.53 Å². The molecule has 0 unspecified atom stereocenters. The Labute approximate surface area is 149 Å². The summed E-state index contributed by atoms with van der Waals surface area (Å²) in [5, 5.41) is 4.07. The fourth-order valence-electron chi connectivity index (χ4n) is 2.93. The zero-order chi connectivity index (χ0) is 17.0. The van der Waals surface area contributed by atoms with E-state index >= 15 is 0 Å². The van der Waals surface area contributed by atoms with Crippen LogP contribution in [0.3, 0.4) is 0 Å². The number of hydrogen-bond acceptors (Lipinski definition) is 4. The molecular weight excluding hydrogens is 347 g/mol. The first kappa shape index (κ1) is 15.5. The van der Waals surface area contributed by atoms with E-state index in [2.05, 4.69) is 10.3 Å². The molecule has 2 aromatic carbocycles. The molecule has 122 valence electrons. The van der Waals surface area contributed by atoms with E-state index in [0.29, 0.717) is 21.5 Å². The van der Waals surface area contributed by atoms with E-state index in [-0.39, 0.29) is 5.78 Å². The zero-order valence-electron chi connectivity index (χ0n) is 13.1. The second-order valence-electron chi connectivity index (χ2n) is 6.05. The lowest BCUT2D eigenvalue weighted by molar-refractivity contribution is -0.122. The number of ketones is 1. The number of benzene rings is 2. The number of aryl methyl sites for hydroxylation is 2. The summed E-state index contributed by atoms with van der Waals surface area (Å²) in [4.78, 5) is 17.3. The molecule has 1 N–H and O–H groups in total. The number of ether oxygens (including phenoxy) is 1. The molecule has 1 fully saturated rings. The van der Waals surface area contributed by atoms with Gasteiger partial charge in [-0.1, -0.05) is 29.3 Å². The second kappa shape index (κ2) is 5.50. The Morgan fingerprint density at radius 3 is 2.58 bits per heavy atom. The SMILES string of the molecule is Cc1cc2c(cc1C)N[C@H]1C(=O)[C@@H](c3ccc(Cl)c(Cl)c3)OC1=N2. The molecule has 2 aromatic rings. The van der Waals surface area contributed by atoms with E-state index in [1.807, 2.05) is 26.0 Å². The molecule has 4 nitrogen and oxygen atoms in total. The lowest BCUT2D eigenvalue weighted by Gasteiger charge is -2.20. The van der Waals surface area contributed by atoms with Gasteiger partial charge in [0.2, 0.25) is 11.7 Å². The van der Waals surface area contributed by atoms with Crippen LogP contribution in [-0.4, -0.2) is 17.7 Å². The Kier molecular flexibility index (Phi) is 3.55. The molecular formula is C18H14Cl2N2O2. The smallest absolute Gasteiger partial charge is 0.220 e. The van der Waals surface area contributed by atoms with Crippen molar-refractivity contribution in [1.82, 2.24) is 0 Å². The molecule has 2 atom stereocenters. The number of nitrogens with zero attached hydrogens (tertiary/aromatic N) is 1. The standard InChI is InChI=1S/C18H14Cl2N2O2/c1-8-5-13-14(6-9(8)2)22-18-15(21-13)16(23)17(24-18)10-3-4-11(19)12(20)7-10/h3-7,15,17,21H,1-2H3/t15-,17+/m0/s1. The van der Waals surface area contributed by atoms with Crippen molar-refractivity contribution in [3.63, 3.8) is 0 Å². The highest BCUT2D eigenvalue weighted by Crippen LogP contribution is 2.39. The van der Waals surface area contributed by atoms with E-state index in [4.69, 9.17) is 27.9 Å². The first-order valence-corrected chi connectivity index (χ1v) is 8.31. The van der Waals surface area contributed by atoms with Gasteiger partial charge in [-0.3, -0.25) is 4.79 Å². The lowest BCUT2D eigenvalue weighted by Crippen LogP contribution is -2.34. The first-order valence-electron chi connectivity index (χ1n) is 7.56. The van der Waals surface area contributed by atoms with Gasteiger partial charge in [-0.25, -0.2) is 4.99 Å². The molecule has 0 aliphatic carbocycles. The van der Waals surface area contributed by atoms with Crippen LogP contribution < -0.4 is 5.32 Å². The molecule has 2 heterocycles. The van der Waals surface area contributed by atoms with Crippen molar-refractivity contribution in [2.45, 2.75) is 26.0 Å². The van der Waals surface area contributed by atoms with Gasteiger partial charge in [-0.15, -0.1) is 0 Å². The molecule has 4 rings (SSSR count). The predicted molar refractivity (Wildman–Crippen MR) is 95.7 cm³/mol. The van der Waals surface area contributed by atoms with Crippen LogP contribution in [0.1, 0.15) is 22.8 Å². The van der Waals surface area contributed by atoms with Crippen molar-refractivity contribution in [3.8, 4) is 0 Å². The molecule has 2 aliphatic heterocycles. The minimum atomic E-state index is -0.729. The topological polar surface area (TPSA) is 50.7 Å². The van der Waals surface area contributed by atoms with Gasteiger partial charge in [0.05, 0.1) is 21.4 Å². The third-order valence-corrected chi connectivity index (χ3v) is 5.16. The van der Waals surface area contributed by atoms with Crippen LogP contribution in [0.15, 0.2) is 35.3 Å². The van der Waals surface area contributed by atoms with Crippen molar-refractivity contribution >= 4 is 46.3 Å². The van der Waals surface area contributed by atoms with Gasteiger partial charge in [0, 0.05) is 5.56 Å². The third kappa shape index (κ3) is 2.38. The highest BCUT2D eigenvalue weighted by Gasteiger charge is 2.44. The third-order valence-electron chi connectivity index (χ3n) is 4.42. The maximum absolute atomic E-state index is 12.8. The fraction of sp³-hybridized carbons (Fsp3) is 0.222. The Hall–Kier alpha value is -2.04. The quantitative estimate of drug-likeness (QED) is 0.796. The molecule has 0 amide bonds. The monoisotopic (exact) mass is 360 g/mol. The van der Waals surface area contributed by atoms with Crippen LogP contribution >= 0.6 is 23.2 Å². The van der Waals surface area contributed by atoms with Gasteiger partial charge < -0.3 is 10.1 Å². The molecule has 0 saturated carbocycles. The molecule has 0 spiro atoms. The summed E-state index contributed by atoms with van der Waals surface area (Å²) in [5.41, 5.74) is 4.59. The number of rotatable bonds is 1. The van der Waals surface area contributed by atoms with Gasteiger partial charge in [0.25, 0.3) is 0 Å². The van der Waals surface area contributed by atoms with Crippen molar-refractivity contribution in [2.75, 3.05) is 5.32 Å². The maximum Gasteiger partial charge on any atom is 0.220 e. The fourth-order valence-corrected chi connectivity index (χ4v) is 3.24. The van der Waals surface area contributed by atoms with E-state index in [0.717, 1.165) is 22.5 Å². The Morgan fingerprint density at radius 1 is 1.08 bits per heavy atom. The normalized spacial score (nSPS) is 21.5. The van der Waals surface area contributed by atoms with Crippen LogP contribution in [0.25, 0.3) is 0 Å². The maximum atomic E-state index is 12.8. The summed E-state index contributed by atoms with van der Waals surface area (Å²) < 4.78 is 5.82. The summed E-state index contributed by atoms with van der Waals surface area (Å²) in [7, 11) is 0. The molecule has 6 heteroatoms. The number of carbonyl (C=O) groups excluding carboxylic acids is 1. The molecule has 0 radical (unpaired) electrons. The van der Waals surface area contributed by atoms with Crippen LogP contribution in [0.2, 0.25) is 10.0 Å². The van der Waals surface area contributed by atoms with Gasteiger partial charge >= 0.3 is 0 Å². The highest BCUT2D eigenvalue weighted by atomic mass is 35.5. The van der Waals surface area contributed by atoms with Gasteiger partial charge in [-0.05, 0) is 49.2 Å². The first-order chi connectivity index (χ1) is 11.4. The number of anilines is 1. The van der Waals surface area contributed by atoms with Crippen molar-refractivity contribution in [3.05, 3.63) is 57.1 Å². The zero-order valence-corrected chi connectivity index (χ0v) is 14.6. The number of hydrogen-bond donors (Lipinski definition) is 1. The molecule has 0 aromatic heterocycles. The van der Waals surface area contributed by atoms with Gasteiger partial charge in [-0.2, -0.15) is 0 Å². The van der Waals surface area contributed by atoms with Crippen LogP contribution in [0, 0.1) is 13.8 Å². The van der Waals surface area contributed by atoms with E-state index in [1.54, 1.807) is 18.2 Å². The summed E-state index contributed by atoms with van der Waals surface area (Å²) in [6.45, 7) is 4.06. The Bertz CT molecular complexity index is 908. The van der Waals surface area contributed by atoms with Gasteiger partial charge in [0.1, 0.15) is 0 Å². The highest BCUT2D eigenvalue weighted by molar-refractivity contribution is 6.42. The number of fused-ring (bicyclic) bond motifs is 2. The second-order valence-corrected chi connectivity index (χ2v) is 6.87. The number of aliphatic imine (C=N–C) groups is 1. The average Bonchev–Trinajstić information content (AvgIpc) is 2.86. The van der Waals surface area contributed by atoms with E-state index in [9.17, 15) is 4.79 Å². The van der Waals surface area contributed by atoms with E-state index in [1.165, 1.54) is 0 Å². The Balaban J connectivity index is 1.71. The van der Waals surface area contributed by atoms with Crippen molar-refractivity contribution in [1.29, 1.82) is 0 Å². The minimum absolute atomic E-state index is 0.0870. The summed E-state index contributed by atoms with van der Waals surface area (Å²) in [5.74, 6) is 0.308. The molecule has 2 aliphatic rings. The predicted octanol–water partition coefficient (Wildman–Crippen LogP) is 4.77. The summed E-state index contributed by atoms with van der Waals surface area (Å²) in [6.07, 6.45) is -0.729.